The Morgan fingerprint density at radius 2 is 0.967 bits per heavy atom. The molecule has 10 aliphatic rings. The molecule has 0 amide bonds. The predicted octanol–water partition coefficient (Wildman–Crippen LogP) is 12.1. The monoisotopic (exact) mass is 778 g/mol. The van der Waals surface area contributed by atoms with Crippen molar-refractivity contribution >= 4 is 62.0 Å². The fourth-order valence-corrected chi connectivity index (χ4v) is 16.5. The molecule has 294 valence electrons. The maximum Gasteiger partial charge on any atom is 0.256 e. The van der Waals surface area contributed by atoms with Crippen LogP contribution in [0.15, 0.2) is 127 Å². The van der Waals surface area contributed by atoms with Gasteiger partial charge in [0.1, 0.15) is 11.5 Å². The molecule has 0 saturated heterocycles. The second-order valence-electron chi connectivity index (χ2n) is 21.4. The molecule has 8 fully saturated rings. The summed E-state index contributed by atoms with van der Waals surface area (Å²) in [5, 5.41) is 2.90. The van der Waals surface area contributed by atoms with Gasteiger partial charge >= 0.3 is 0 Å². The molecular weight excluding hydrogens is 727 g/mol. The van der Waals surface area contributed by atoms with Crippen LogP contribution in [0.1, 0.15) is 88.2 Å². The molecule has 3 nitrogen and oxygen atoms in total. The Morgan fingerprint density at radius 1 is 0.450 bits per heavy atom. The van der Waals surface area contributed by atoms with Crippen LogP contribution >= 0.6 is 0 Å². The first-order valence-corrected chi connectivity index (χ1v) is 23.5. The van der Waals surface area contributed by atoms with Crippen LogP contribution in [0.3, 0.4) is 0 Å². The van der Waals surface area contributed by atoms with Gasteiger partial charge in [-0.1, -0.05) is 66.7 Å². The third-order valence-electron chi connectivity index (χ3n) is 17.9. The summed E-state index contributed by atoms with van der Waals surface area (Å²) in [7, 11) is 0. The molecule has 0 radical (unpaired) electrons. The number of rotatable bonds is 4. The summed E-state index contributed by atoms with van der Waals surface area (Å²) in [6, 6.07) is 49.2. The van der Waals surface area contributed by atoms with Gasteiger partial charge in [-0.2, -0.15) is 0 Å². The van der Waals surface area contributed by atoms with Crippen LogP contribution in [0.4, 0.5) is 17.1 Å². The first kappa shape index (κ1) is 33.5. The van der Waals surface area contributed by atoms with Gasteiger partial charge in [-0.05, 0) is 205 Å². The Hall–Kier alpha value is -5.22. The minimum atomic E-state index is 0.0917. The Kier molecular flexibility index (Phi) is 6.58. The van der Waals surface area contributed by atoms with E-state index in [0.29, 0.717) is 10.8 Å². The van der Waals surface area contributed by atoms with Crippen molar-refractivity contribution in [3.8, 4) is 17.2 Å². The smallest absolute Gasteiger partial charge is 0.256 e. The van der Waals surface area contributed by atoms with Crippen LogP contribution in [-0.2, 0) is 10.8 Å². The lowest BCUT2D eigenvalue weighted by Crippen LogP contribution is -2.59. The molecule has 6 aromatic carbocycles. The molecule has 0 spiro atoms. The fraction of sp³-hybridized carbons (Fsp3) is 0.357. The Morgan fingerprint density at radius 3 is 1.55 bits per heavy atom. The second-order valence-corrected chi connectivity index (χ2v) is 21.4. The average Bonchev–Trinajstić information content (AvgIpc) is 3.59. The molecule has 8 saturated carbocycles. The lowest BCUT2D eigenvalue weighted by atomic mass is 9.34. The van der Waals surface area contributed by atoms with Gasteiger partial charge in [0.05, 0.1) is 16.7 Å². The normalized spacial score (nSPS) is 31.1. The molecule has 3 heterocycles. The fourth-order valence-electron chi connectivity index (χ4n) is 16.5. The summed E-state index contributed by atoms with van der Waals surface area (Å²) in [4.78, 5) is 2.50. The summed E-state index contributed by atoms with van der Waals surface area (Å²) in [5.41, 5.74) is 15.2. The van der Waals surface area contributed by atoms with Crippen molar-refractivity contribution < 1.29 is 4.74 Å². The summed E-state index contributed by atoms with van der Waals surface area (Å²) in [6.45, 7) is 0.0917. The first-order chi connectivity index (χ1) is 29.5. The van der Waals surface area contributed by atoms with Gasteiger partial charge in [-0.15, -0.1) is 0 Å². The van der Waals surface area contributed by atoms with Crippen molar-refractivity contribution in [1.82, 2.24) is 4.57 Å². The van der Waals surface area contributed by atoms with Crippen molar-refractivity contribution in [2.75, 3.05) is 4.90 Å². The van der Waals surface area contributed by atoms with Gasteiger partial charge in [0.2, 0.25) is 0 Å². The topological polar surface area (TPSA) is 17.4 Å². The minimum absolute atomic E-state index is 0.0917. The highest BCUT2D eigenvalue weighted by atomic mass is 16.5. The number of aromatic nitrogens is 1. The summed E-state index contributed by atoms with van der Waals surface area (Å²) in [5.74, 6) is 7.48. The number of hydrogen-bond acceptors (Lipinski definition) is 2. The van der Waals surface area contributed by atoms with E-state index in [4.69, 9.17) is 4.74 Å². The lowest BCUT2D eigenvalue weighted by Gasteiger charge is -2.57. The summed E-state index contributed by atoms with van der Waals surface area (Å²) in [6.07, 6.45) is 17.3. The SMILES string of the molecule is c1ccc(N2c3ccccc3B3c4ccccc4Oc4cc(-n5c6ccc(C78CC9CC(CC(C9)C7)C8)cc6c6cc(C78CC9CC(CC(C9)C7)C8)ccc65)cc2c43)cc1. The average molecular weight is 779 g/mol. The highest BCUT2D eigenvalue weighted by Gasteiger charge is 2.53. The number of anilines is 3. The molecule has 8 bridgehead atoms. The zero-order valence-electron chi connectivity index (χ0n) is 34.5. The Labute approximate surface area is 353 Å². The number of benzene rings is 6. The highest BCUT2D eigenvalue weighted by molar-refractivity contribution is 6.99. The highest BCUT2D eigenvalue weighted by Crippen LogP contribution is 2.63. The zero-order chi connectivity index (χ0) is 38.9. The molecule has 2 aliphatic heterocycles. The van der Waals surface area contributed by atoms with Gasteiger partial charge in [0, 0.05) is 33.9 Å². The number of ether oxygens (including phenoxy) is 1. The van der Waals surface area contributed by atoms with E-state index in [1.165, 1.54) is 138 Å². The maximum absolute atomic E-state index is 7.06. The van der Waals surface area contributed by atoms with Crippen molar-refractivity contribution in [3.05, 3.63) is 139 Å². The number of nitrogens with zero attached hydrogens (tertiary/aromatic N) is 2. The summed E-state index contributed by atoms with van der Waals surface area (Å²) < 4.78 is 9.67. The molecular formula is C56H51BN2O. The molecule has 7 aromatic rings. The standard InChI is InChI=1S/C56H51BN2O/c1-2-8-42(9-3-1)58-50-12-6-4-10-46(50)57-47-11-5-7-13-52(47)60-53-27-43(26-51(58)54(53)57)59-48-16-14-40(55-28-34-18-35(29-55)20-36(19-34)30-55)24-44(48)45-25-41(15-17-49(45)59)56-31-37-21-38(32-56)23-39(22-37)33-56/h1-17,24-27,34-39H,18-23,28-33H2. The quantitative estimate of drug-likeness (QED) is 0.166. The molecule has 17 rings (SSSR count). The van der Waals surface area contributed by atoms with Gasteiger partial charge in [-0.3, -0.25) is 0 Å². The van der Waals surface area contributed by atoms with Crippen LogP contribution < -0.4 is 26.0 Å². The molecule has 0 N–H and O–H groups in total. The van der Waals surface area contributed by atoms with E-state index < -0.39 is 0 Å². The van der Waals surface area contributed by atoms with Crippen LogP contribution in [-0.4, -0.2) is 11.3 Å². The van der Waals surface area contributed by atoms with E-state index in [2.05, 4.69) is 137 Å². The van der Waals surface area contributed by atoms with E-state index in [-0.39, 0.29) is 6.71 Å². The van der Waals surface area contributed by atoms with Gasteiger partial charge < -0.3 is 14.2 Å². The van der Waals surface area contributed by atoms with E-state index in [0.717, 1.165) is 47.0 Å². The van der Waals surface area contributed by atoms with Crippen LogP contribution in [0.2, 0.25) is 0 Å². The summed E-state index contributed by atoms with van der Waals surface area (Å²) >= 11 is 0. The minimum Gasteiger partial charge on any atom is -0.458 e. The number of para-hydroxylation sites is 3. The molecule has 1 aromatic heterocycles. The van der Waals surface area contributed by atoms with E-state index in [1.54, 1.807) is 11.1 Å². The maximum atomic E-state index is 7.06. The van der Waals surface area contributed by atoms with Gasteiger partial charge in [0.15, 0.2) is 0 Å². The van der Waals surface area contributed by atoms with Crippen LogP contribution in [0.25, 0.3) is 27.5 Å². The van der Waals surface area contributed by atoms with Crippen LogP contribution in [0.5, 0.6) is 11.5 Å². The number of fused-ring (bicyclic) bond motifs is 7. The lowest BCUT2D eigenvalue weighted by molar-refractivity contribution is -0.00528. The first-order valence-electron chi connectivity index (χ1n) is 23.5. The van der Waals surface area contributed by atoms with Gasteiger partial charge in [-0.25, -0.2) is 0 Å². The van der Waals surface area contributed by atoms with Gasteiger partial charge in [0.25, 0.3) is 6.71 Å². The molecule has 60 heavy (non-hydrogen) atoms. The Balaban J connectivity index is 0.979. The molecule has 0 unspecified atom stereocenters. The molecule has 4 heteroatoms. The van der Waals surface area contributed by atoms with E-state index in [1.807, 2.05) is 0 Å². The van der Waals surface area contributed by atoms with Crippen molar-refractivity contribution in [1.29, 1.82) is 0 Å². The van der Waals surface area contributed by atoms with Crippen molar-refractivity contribution in [2.24, 2.45) is 35.5 Å². The molecule has 8 aliphatic carbocycles. The van der Waals surface area contributed by atoms with E-state index >= 15 is 0 Å². The largest absolute Gasteiger partial charge is 0.458 e. The van der Waals surface area contributed by atoms with E-state index in [9.17, 15) is 0 Å². The number of hydrogen-bond donors (Lipinski definition) is 0. The Bertz CT molecular complexity index is 2790. The van der Waals surface area contributed by atoms with Crippen molar-refractivity contribution in [2.45, 2.75) is 87.9 Å². The predicted molar refractivity (Wildman–Crippen MR) is 246 cm³/mol. The van der Waals surface area contributed by atoms with Crippen molar-refractivity contribution in [3.63, 3.8) is 0 Å². The second kappa shape index (κ2) is 11.8. The zero-order valence-corrected chi connectivity index (χ0v) is 34.5. The third kappa shape index (κ3) is 4.53. The van der Waals surface area contributed by atoms with Crippen LogP contribution in [0, 0.1) is 35.5 Å². The molecule has 0 atom stereocenters. The third-order valence-corrected chi connectivity index (χ3v) is 17.9.